The van der Waals surface area contributed by atoms with E-state index in [2.05, 4.69) is 25.7 Å². The van der Waals surface area contributed by atoms with E-state index in [0.29, 0.717) is 62.8 Å². The number of alkyl carbamates (subject to hydrolysis) is 1. The minimum Gasteiger partial charge on any atom is -0.491 e. The third kappa shape index (κ3) is 12.9. The molecule has 0 bridgehead atoms. The lowest BCUT2D eigenvalue weighted by Gasteiger charge is -2.30. The van der Waals surface area contributed by atoms with Crippen LogP contribution < -0.4 is 25.4 Å². The first-order valence-electron chi connectivity index (χ1n) is 22.5. The van der Waals surface area contributed by atoms with Crippen LogP contribution in [0.15, 0.2) is 42.5 Å². The molecule has 5 amide bonds. The van der Waals surface area contributed by atoms with Gasteiger partial charge in [-0.3, -0.25) is 28.7 Å². The van der Waals surface area contributed by atoms with Gasteiger partial charge in [-0.1, -0.05) is 43.2 Å². The maximum Gasteiger partial charge on any atom is 0.408 e. The van der Waals surface area contributed by atoms with Gasteiger partial charge in [0.1, 0.15) is 45.8 Å². The Labute approximate surface area is 375 Å². The van der Waals surface area contributed by atoms with E-state index in [-0.39, 0.29) is 37.5 Å². The van der Waals surface area contributed by atoms with Gasteiger partial charge in [-0.2, -0.15) is 0 Å². The van der Waals surface area contributed by atoms with E-state index in [4.69, 9.17) is 14.2 Å². The minimum atomic E-state index is -3.94. The molecule has 2 aliphatic heterocycles. The summed E-state index contributed by atoms with van der Waals surface area (Å²) in [5.74, 6) is -2.88. The van der Waals surface area contributed by atoms with Crippen molar-refractivity contribution in [3.8, 4) is 5.75 Å². The second-order valence-electron chi connectivity index (χ2n) is 19.4. The highest BCUT2D eigenvalue weighted by Crippen LogP contribution is 2.46. The fourth-order valence-electron chi connectivity index (χ4n) is 8.10. The Morgan fingerprint density at radius 1 is 0.906 bits per heavy atom. The quantitative estimate of drug-likeness (QED) is 0.117. The number of aromatic nitrogens is 1. The maximum absolute atomic E-state index is 14.5. The van der Waals surface area contributed by atoms with Gasteiger partial charge in [-0.15, -0.1) is 0 Å². The summed E-state index contributed by atoms with van der Waals surface area (Å²) in [5.41, 5.74) is -2.40. The highest BCUT2D eigenvalue weighted by atomic mass is 32.2. The highest BCUT2D eigenvalue weighted by Gasteiger charge is 2.62. The molecule has 1 aromatic heterocycles. The molecular formula is C46H64N6O11S. The number of pyridine rings is 1. The van der Waals surface area contributed by atoms with Gasteiger partial charge in [0.05, 0.1) is 11.9 Å². The third-order valence-electron chi connectivity index (χ3n) is 11.5. The van der Waals surface area contributed by atoms with Crippen molar-refractivity contribution >= 4 is 56.6 Å². The van der Waals surface area contributed by atoms with Gasteiger partial charge in [-0.05, 0) is 118 Å². The molecule has 1 saturated heterocycles. The summed E-state index contributed by atoms with van der Waals surface area (Å²) >= 11 is 0. The zero-order valence-electron chi connectivity index (χ0n) is 37.8. The van der Waals surface area contributed by atoms with Gasteiger partial charge < -0.3 is 35.1 Å². The minimum absolute atomic E-state index is 0.0447. The van der Waals surface area contributed by atoms with Crippen LogP contribution in [0.25, 0.3) is 10.9 Å². The number of nitrogens with zero attached hydrogens (tertiary/aromatic N) is 2. The molecule has 64 heavy (non-hydrogen) atoms. The second-order valence-corrected chi connectivity index (χ2v) is 21.4. The summed E-state index contributed by atoms with van der Waals surface area (Å²) in [4.78, 5) is 87.8. The number of carbonyl (C=O) groups is 6. The van der Waals surface area contributed by atoms with Crippen molar-refractivity contribution in [3.63, 3.8) is 0 Å². The summed E-state index contributed by atoms with van der Waals surface area (Å²) in [6.07, 6.45) is 9.34. The number of benzene rings is 1. The topological polar surface area (TPSA) is 228 Å². The molecule has 0 unspecified atom stereocenters. The van der Waals surface area contributed by atoms with Crippen molar-refractivity contribution in [1.29, 1.82) is 0 Å². The molecule has 2 saturated carbocycles. The summed E-state index contributed by atoms with van der Waals surface area (Å²) in [5, 5.41) is 8.58. The number of rotatable bonds is 13. The molecule has 18 heteroatoms. The Kier molecular flexibility index (Phi) is 15.0. The average molecular weight is 909 g/mol. The Bertz CT molecular complexity index is 2230. The van der Waals surface area contributed by atoms with Gasteiger partial charge in [-0.25, -0.2) is 18.2 Å². The molecule has 1 aromatic carbocycles. The predicted molar refractivity (Wildman–Crippen MR) is 237 cm³/mol. The second kappa shape index (κ2) is 19.9. The van der Waals surface area contributed by atoms with Crippen molar-refractivity contribution in [2.75, 3.05) is 13.2 Å². The Morgan fingerprint density at radius 2 is 1.66 bits per heavy atom. The number of esters is 1. The first-order chi connectivity index (χ1) is 30.1. The van der Waals surface area contributed by atoms with Crippen LogP contribution in [0.4, 0.5) is 4.79 Å². The summed E-state index contributed by atoms with van der Waals surface area (Å²) in [7, 11) is -3.94. The van der Waals surface area contributed by atoms with E-state index in [9.17, 15) is 37.2 Å². The van der Waals surface area contributed by atoms with Gasteiger partial charge in [0, 0.05) is 30.3 Å². The largest absolute Gasteiger partial charge is 0.491 e. The zero-order valence-corrected chi connectivity index (χ0v) is 38.6. The number of sulfonamides is 1. The van der Waals surface area contributed by atoms with Gasteiger partial charge in [0.2, 0.25) is 21.8 Å². The number of para-hydroxylation sites is 1. The van der Waals surface area contributed by atoms with E-state index >= 15 is 0 Å². The van der Waals surface area contributed by atoms with Crippen LogP contribution in [0.3, 0.4) is 0 Å². The van der Waals surface area contributed by atoms with Crippen molar-refractivity contribution in [3.05, 3.63) is 48.2 Å². The Balaban J connectivity index is 1.19. The SMILES string of the molecule is CC(C)(C)OC(=O)CCCCCOc1cccc2ccc(C(=O)N[C@@H]3C[C@H]4C(=O)N[C@]5(C(=O)NS(=O)(=O)C6CC6)C[C@H]5/C=C\CCCCC[C@H](NC(=O)OC(C)(C)C)C(=O)N4C3)nc12. The first kappa shape index (κ1) is 48.2. The Hall–Kier alpha value is -5.26. The number of amides is 5. The molecule has 2 aliphatic carbocycles. The predicted octanol–water partition coefficient (Wildman–Crippen LogP) is 5.11. The van der Waals surface area contributed by atoms with Crippen molar-refractivity contribution in [1.82, 2.24) is 30.6 Å². The third-order valence-corrected chi connectivity index (χ3v) is 13.3. The van der Waals surface area contributed by atoms with E-state index < -0.39 is 85.8 Å². The molecule has 6 rings (SSSR count). The van der Waals surface area contributed by atoms with Crippen LogP contribution in [-0.2, 0) is 38.7 Å². The lowest BCUT2D eigenvalue weighted by Crippen LogP contribution is -2.58. The van der Waals surface area contributed by atoms with Crippen molar-refractivity contribution in [2.45, 2.75) is 165 Å². The lowest BCUT2D eigenvalue weighted by molar-refractivity contribution is -0.155. The van der Waals surface area contributed by atoms with Crippen LogP contribution in [0.2, 0.25) is 0 Å². The summed E-state index contributed by atoms with van der Waals surface area (Å²) in [6.45, 7) is 10.9. The lowest BCUT2D eigenvalue weighted by atomic mass is 10.0. The number of fused-ring (bicyclic) bond motifs is 3. The van der Waals surface area contributed by atoms with Crippen molar-refractivity contribution in [2.24, 2.45) is 5.92 Å². The normalized spacial score (nSPS) is 24.8. The van der Waals surface area contributed by atoms with Crippen LogP contribution in [0, 0.1) is 5.92 Å². The number of allylic oxidation sites excluding steroid dienone is 1. The number of hydrogen-bond acceptors (Lipinski definition) is 12. The van der Waals surface area contributed by atoms with Gasteiger partial charge in [0.15, 0.2) is 0 Å². The van der Waals surface area contributed by atoms with Gasteiger partial charge >= 0.3 is 12.1 Å². The molecule has 2 aromatic rings. The van der Waals surface area contributed by atoms with Crippen molar-refractivity contribution < 1.29 is 51.4 Å². The molecule has 4 N–H and O–H groups in total. The van der Waals surface area contributed by atoms with Gasteiger partial charge in [0.25, 0.3) is 11.8 Å². The molecular weight excluding hydrogens is 845 g/mol. The standard InChI is InChI=1S/C46H64N6O11S/c1-44(2,3)62-37(53)20-13-10-14-25-61-36-19-15-16-29-21-24-33(48-38(29)36)39(54)47-31-26-35-40(55)50-46(42(57)51-64(59,60)32-22-23-32)27-30(46)17-11-8-7-9-12-18-34(41(56)52(35)28-31)49-43(58)63-45(4,5)6/h11,15-17,19,21,24,30-32,34-35H,7-10,12-14,18,20,22-23,25-28H2,1-6H3,(H,47,54)(H,49,58)(H,50,55)(H,51,57)/b17-11-/t30-,31-,34+,35+,46-/m1/s1. The van der Waals surface area contributed by atoms with Crippen LogP contribution >= 0.6 is 0 Å². The number of nitrogens with one attached hydrogen (secondary N) is 4. The molecule has 3 fully saturated rings. The highest BCUT2D eigenvalue weighted by molar-refractivity contribution is 7.91. The fourth-order valence-corrected chi connectivity index (χ4v) is 9.46. The average Bonchev–Trinajstić information content (AvgIpc) is 4.13. The number of ether oxygens (including phenoxy) is 3. The summed E-state index contributed by atoms with van der Waals surface area (Å²) < 4.78 is 44.9. The van der Waals surface area contributed by atoms with Crippen LogP contribution in [0.5, 0.6) is 5.75 Å². The molecule has 3 heterocycles. The van der Waals surface area contributed by atoms with Crippen LogP contribution in [0.1, 0.15) is 136 Å². The van der Waals surface area contributed by atoms with E-state index in [1.807, 2.05) is 45.1 Å². The Morgan fingerprint density at radius 3 is 2.38 bits per heavy atom. The molecule has 350 valence electrons. The zero-order chi connectivity index (χ0) is 46.5. The van der Waals surface area contributed by atoms with E-state index in [1.165, 1.54) is 4.90 Å². The van der Waals surface area contributed by atoms with E-state index in [1.54, 1.807) is 39.0 Å². The fraction of sp³-hybridized carbons (Fsp3) is 0.630. The van der Waals surface area contributed by atoms with Crippen LogP contribution in [-0.4, -0.2) is 107 Å². The summed E-state index contributed by atoms with van der Waals surface area (Å²) in [6, 6.07) is 5.74. The number of hydrogen-bond donors (Lipinski definition) is 4. The maximum atomic E-state index is 14.5. The smallest absolute Gasteiger partial charge is 0.408 e. The molecule has 5 atom stereocenters. The molecule has 0 radical (unpaired) electrons. The monoisotopic (exact) mass is 908 g/mol. The molecule has 0 spiro atoms. The first-order valence-corrected chi connectivity index (χ1v) is 24.1. The molecule has 4 aliphatic rings. The molecule has 17 nitrogen and oxygen atoms in total. The van der Waals surface area contributed by atoms with E-state index in [0.717, 1.165) is 24.6 Å². The number of carbonyl (C=O) groups excluding carboxylic acids is 6. The number of unbranched alkanes of at least 4 members (excludes halogenated alkanes) is 2.